The predicted molar refractivity (Wildman–Crippen MR) is 211 cm³/mol. The molecule has 49 heavy (non-hydrogen) atoms. The van der Waals surface area contributed by atoms with E-state index in [9.17, 15) is 0 Å². The molecule has 10 rings (SSSR count). The fourth-order valence-electron chi connectivity index (χ4n) is 7.50. The third-order valence-corrected chi connectivity index (χ3v) is 10.9. The number of hydrogen-bond acceptors (Lipinski definition) is 2. The molecule has 2 aromatic heterocycles. The first-order chi connectivity index (χ1) is 24.3. The lowest BCUT2D eigenvalue weighted by Crippen LogP contribution is -2.10. The van der Waals surface area contributed by atoms with E-state index in [1.54, 1.807) is 0 Å². The zero-order chi connectivity index (χ0) is 32.3. The van der Waals surface area contributed by atoms with Crippen LogP contribution in [0, 0.1) is 0 Å². The van der Waals surface area contributed by atoms with Crippen LogP contribution in [0.5, 0.6) is 0 Å². The molecule has 2 heterocycles. The van der Waals surface area contributed by atoms with E-state index in [0.29, 0.717) is 0 Å². The number of anilines is 3. The maximum Gasteiger partial charge on any atom is 0.0561 e. The minimum Gasteiger partial charge on any atom is -0.310 e. The Balaban J connectivity index is 1.23. The first-order valence-electron chi connectivity index (χ1n) is 16.7. The zero-order valence-electron chi connectivity index (χ0n) is 26.6. The molecule has 0 saturated carbocycles. The lowest BCUT2D eigenvalue weighted by atomic mass is 10.0. The fourth-order valence-corrected chi connectivity index (χ4v) is 8.63. The van der Waals surface area contributed by atoms with Crippen LogP contribution >= 0.6 is 11.3 Å². The van der Waals surface area contributed by atoms with Gasteiger partial charge in [0.05, 0.1) is 11.0 Å². The Morgan fingerprint density at radius 3 is 1.84 bits per heavy atom. The molecular weight excluding hydrogens is 613 g/mol. The summed E-state index contributed by atoms with van der Waals surface area (Å²) in [6.07, 6.45) is 0. The van der Waals surface area contributed by atoms with E-state index in [1.807, 2.05) is 11.3 Å². The van der Waals surface area contributed by atoms with Crippen molar-refractivity contribution in [2.45, 2.75) is 0 Å². The molecule has 0 amide bonds. The number of benzene rings is 8. The third-order valence-electron chi connectivity index (χ3n) is 9.76. The van der Waals surface area contributed by atoms with Crippen LogP contribution in [0.4, 0.5) is 17.1 Å². The maximum atomic E-state index is 2.41. The highest BCUT2D eigenvalue weighted by molar-refractivity contribution is 7.26. The van der Waals surface area contributed by atoms with E-state index < -0.39 is 0 Å². The molecule has 0 N–H and O–H groups in total. The lowest BCUT2D eigenvalue weighted by molar-refractivity contribution is 1.18. The van der Waals surface area contributed by atoms with Gasteiger partial charge < -0.3 is 9.47 Å². The summed E-state index contributed by atoms with van der Waals surface area (Å²) in [6, 6.07) is 66.2. The zero-order valence-corrected chi connectivity index (χ0v) is 27.4. The Bertz CT molecular complexity index is 2810. The minimum absolute atomic E-state index is 1.11. The number of fused-ring (bicyclic) bond motifs is 8. The van der Waals surface area contributed by atoms with E-state index in [1.165, 1.54) is 63.9 Å². The van der Waals surface area contributed by atoms with Gasteiger partial charge in [0, 0.05) is 53.7 Å². The molecule has 0 bridgehead atoms. The molecule has 0 aliphatic rings. The molecule has 0 radical (unpaired) electrons. The molecule has 0 aliphatic heterocycles. The van der Waals surface area contributed by atoms with Crippen LogP contribution in [0.15, 0.2) is 182 Å². The van der Waals surface area contributed by atoms with Gasteiger partial charge in [-0.3, -0.25) is 0 Å². The van der Waals surface area contributed by atoms with Crippen LogP contribution in [-0.2, 0) is 0 Å². The number of aromatic nitrogens is 1. The Morgan fingerprint density at radius 1 is 0.388 bits per heavy atom. The van der Waals surface area contributed by atoms with Crippen molar-refractivity contribution >= 4 is 81.1 Å². The second-order valence-corrected chi connectivity index (χ2v) is 13.7. The van der Waals surface area contributed by atoms with Gasteiger partial charge in [-0.1, -0.05) is 115 Å². The highest BCUT2D eigenvalue weighted by Crippen LogP contribution is 2.43. The molecule has 10 aromatic rings. The summed E-state index contributed by atoms with van der Waals surface area (Å²) in [5, 5.41) is 7.67. The van der Waals surface area contributed by atoms with Crippen molar-refractivity contribution in [2.24, 2.45) is 0 Å². The van der Waals surface area contributed by atoms with Gasteiger partial charge >= 0.3 is 0 Å². The topological polar surface area (TPSA) is 8.17 Å². The molecule has 0 atom stereocenters. The van der Waals surface area contributed by atoms with Crippen LogP contribution in [0.2, 0.25) is 0 Å². The molecule has 0 saturated heterocycles. The van der Waals surface area contributed by atoms with E-state index >= 15 is 0 Å². The summed E-state index contributed by atoms with van der Waals surface area (Å²) < 4.78 is 5.04. The van der Waals surface area contributed by atoms with Crippen LogP contribution in [0.1, 0.15) is 0 Å². The SMILES string of the molecule is c1ccc(-c2ccc(N(c3ccc4ccc5sc6ccccc6c5c4c3)c3ccc4c5ccccc5n(-c5ccccc5)c4c3)cc2)cc1. The Morgan fingerprint density at radius 2 is 1.00 bits per heavy atom. The van der Waals surface area contributed by atoms with Crippen molar-refractivity contribution in [1.82, 2.24) is 4.57 Å². The number of thiophene rings is 1. The molecule has 3 heteroatoms. The van der Waals surface area contributed by atoms with Gasteiger partial charge in [0.15, 0.2) is 0 Å². The van der Waals surface area contributed by atoms with Gasteiger partial charge in [0.1, 0.15) is 0 Å². The van der Waals surface area contributed by atoms with Gasteiger partial charge in [-0.15, -0.1) is 11.3 Å². The van der Waals surface area contributed by atoms with Crippen LogP contribution in [-0.4, -0.2) is 4.57 Å². The first-order valence-corrected chi connectivity index (χ1v) is 17.5. The summed E-state index contributed by atoms with van der Waals surface area (Å²) in [5.41, 5.74) is 9.32. The minimum atomic E-state index is 1.11. The highest BCUT2D eigenvalue weighted by Gasteiger charge is 2.19. The Labute approximate surface area is 288 Å². The van der Waals surface area contributed by atoms with Gasteiger partial charge in [-0.2, -0.15) is 0 Å². The summed E-state index contributed by atoms with van der Waals surface area (Å²) in [5.74, 6) is 0. The number of rotatable bonds is 5. The average molecular weight is 643 g/mol. The molecule has 230 valence electrons. The van der Waals surface area contributed by atoms with E-state index in [0.717, 1.165) is 22.7 Å². The molecule has 2 nitrogen and oxygen atoms in total. The van der Waals surface area contributed by atoms with Crippen LogP contribution < -0.4 is 4.90 Å². The van der Waals surface area contributed by atoms with Crippen molar-refractivity contribution in [3.63, 3.8) is 0 Å². The molecule has 0 fully saturated rings. The highest BCUT2D eigenvalue weighted by atomic mass is 32.1. The summed E-state index contributed by atoms with van der Waals surface area (Å²) >= 11 is 1.87. The lowest BCUT2D eigenvalue weighted by Gasteiger charge is -2.26. The van der Waals surface area contributed by atoms with Crippen LogP contribution in [0.25, 0.3) is 69.6 Å². The van der Waals surface area contributed by atoms with Crippen LogP contribution in [0.3, 0.4) is 0 Å². The largest absolute Gasteiger partial charge is 0.310 e. The summed E-state index contributed by atoms with van der Waals surface area (Å²) in [7, 11) is 0. The monoisotopic (exact) mass is 642 g/mol. The standard InChI is InChI=1S/C46H30N2S/c1-3-11-31(12-4-1)32-19-23-35(24-20-32)47(36-25-21-33-22-28-45-46(41(33)29-36)40-16-8-10-18-44(40)49-45)37-26-27-39-38-15-7-9-17-42(38)48(43(39)30-37)34-13-5-2-6-14-34/h1-30H. The average Bonchev–Trinajstić information content (AvgIpc) is 3.72. The second kappa shape index (κ2) is 11.2. The molecule has 0 spiro atoms. The van der Waals surface area contributed by atoms with E-state index in [-0.39, 0.29) is 0 Å². The second-order valence-electron chi connectivity index (χ2n) is 12.6. The van der Waals surface area contributed by atoms with Gasteiger partial charge in [0.25, 0.3) is 0 Å². The van der Waals surface area contributed by atoms with Crippen molar-refractivity contribution in [2.75, 3.05) is 4.90 Å². The van der Waals surface area contributed by atoms with Crippen molar-refractivity contribution in [3.05, 3.63) is 182 Å². The number of para-hydroxylation sites is 2. The Kier molecular flexibility index (Phi) is 6.39. The number of hydrogen-bond donors (Lipinski definition) is 0. The smallest absolute Gasteiger partial charge is 0.0561 e. The predicted octanol–water partition coefficient (Wildman–Crippen LogP) is 13.4. The number of nitrogens with zero attached hydrogens (tertiary/aromatic N) is 2. The van der Waals surface area contributed by atoms with Gasteiger partial charge in [0.2, 0.25) is 0 Å². The summed E-state index contributed by atoms with van der Waals surface area (Å²) in [6.45, 7) is 0. The molecule has 0 aliphatic carbocycles. The summed E-state index contributed by atoms with van der Waals surface area (Å²) in [4.78, 5) is 2.41. The normalized spacial score (nSPS) is 11.7. The first kappa shape index (κ1) is 27.9. The van der Waals surface area contributed by atoms with Gasteiger partial charge in [-0.25, -0.2) is 0 Å². The Hall–Kier alpha value is -6.16. The van der Waals surface area contributed by atoms with E-state index in [4.69, 9.17) is 0 Å². The van der Waals surface area contributed by atoms with Crippen molar-refractivity contribution in [3.8, 4) is 16.8 Å². The fraction of sp³-hybridized carbons (Fsp3) is 0. The van der Waals surface area contributed by atoms with Crippen molar-refractivity contribution in [1.29, 1.82) is 0 Å². The molecular formula is C46H30N2S. The molecule has 8 aromatic carbocycles. The maximum absolute atomic E-state index is 2.41. The van der Waals surface area contributed by atoms with E-state index in [2.05, 4.69) is 191 Å². The third kappa shape index (κ3) is 4.55. The quantitative estimate of drug-likeness (QED) is 0.181. The van der Waals surface area contributed by atoms with Gasteiger partial charge in [-0.05, 0) is 88.6 Å². The van der Waals surface area contributed by atoms with Crippen molar-refractivity contribution < 1.29 is 0 Å². The molecule has 0 unspecified atom stereocenters.